The fraction of sp³-hybridized carbons (Fsp3) is 0.160. The second kappa shape index (κ2) is 9.70. The van der Waals surface area contributed by atoms with Gasteiger partial charge < -0.3 is 20.6 Å². The maximum Gasteiger partial charge on any atom is 0.354 e. The van der Waals surface area contributed by atoms with Gasteiger partial charge in [0, 0.05) is 21.4 Å². The van der Waals surface area contributed by atoms with Gasteiger partial charge in [-0.3, -0.25) is 9.59 Å². The van der Waals surface area contributed by atoms with Gasteiger partial charge in [0.05, 0.1) is 12.1 Å². The van der Waals surface area contributed by atoms with Crippen LogP contribution in [0, 0.1) is 0 Å². The Morgan fingerprint density at radius 1 is 1.03 bits per heavy atom. The number of hydrogen-bond acceptors (Lipinski definition) is 6. The maximum atomic E-state index is 13.1. The van der Waals surface area contributed by atoms with Crippen molar-refractivity contribution >= 4 is 39.7 Å². The lowest BCUT2D eigenvalue weighted by molar-refractivity contribution is 0.0691. The first-order chi connectivity index (χ1) is 16.0. The molecular weight excluding hydrogens is 440 g/mol. The van der Waals surface area contributed by atoms with Crippen LogP contribution in [0.1, 0.15) is 44.1 Å². The Balaban J connectivity index is 1.48. The first-order valence-electron chi connectivity index (χ1n) is 10.4. The second-order valence-electron chi connectivity index (χ2n) is 7.51. The molecule has 7 nitrogen and oxygen atoms in total. The minimum Gasteiger partial charge on any atom is -0.494 e. The highest BCUT2D eigenvalue weighted by Crippen LogP contribution is 2.22. The summed E-state index contributed by atoms with van der Waals surface area (Å²) < 4.78 is 5.77. The summed E-state index contributed by atoms with van der Waals surface area (Å²) in [5, 5.41) is 11.6. The summed E-state index contributed by atoms with van der Waals surface area (Å²) in [6, 6.07) is 15.5. The molecule has 0 amide bonds. The topological polar surface area (TPSA) is 122 Å². The summed E-state index contributed by atoms with van der Waals surface area (Å²) >= 11 is 1.76. The molecule has 8 heteroatoms. The number of nitrogen functional groups attached to an aromatic ring is 1. The van der Waals surface area contributed by atoms with Gasteiger partial charge in [-0.05, 0) is 67.1 Å². The maximum absolute atomic E-state index is 13.1. The number of aromatic carboxylic acids is 1. The van der Waals surface area contributed by atoms with Crippen LogP contribution in [-0.2, 0) is 6.42 Å². The number of thiophene rings is 1. The van der Waals surface area contributed by atoms with Crippen LogP contribution in [0.2, 0.25) is 0 Å². The highest BCUT2D eigenvalue weighted by atomic mass is 32.1. The third-order valence-corrected chi connectivity index (χ3v) is 6.25. The predicted molar refractivity (Wildman–Crippen MR) is 129 cm³/mol. The van der Waals surface area contributed by atoms with E-state index in [0.29, 0.717) is 17.9 Å². The number of H-pyrrole nitrogens is 1. The van der Waals surface area contributed by atoms with E-state index in [9.17, 15) is 19.5 Å². The summed E-state index contributed by atoms with van der Waals surface area (Å²) in [4.78, 5) is 41.1. The monoisotopic (exact) mass is 462 g/mol. The highest BCUT2D eigenvalue weighted by Gasteiger charge is 2.19. The number of ketones is 1. The van der Waals surface area contributed by atoms with Crippen molar-refractivity contribution in [1.82, 2.24) is 4.98 Å². The number of ether oxygens (including phenoxy) is 1. The number of carboxylic acids is 1. The van der Waals surface area contributed by atoms with E-state index in [-0.39, 0.29) is 22.2 Å². The molecule has 2 aromatic heterocycles. The average Bonchev–Trinajstić information content (AvgIpc) is 3.34. The van der Waals surface area contributed by atoms with Crippen molar-refractivity contribution in [2.24, 2.45) is 0 Å². The van der Waals surface area contributed by atoms with Crippen molar-refractivity contribution in [1.29, 1.82) is 0 Å². The number of fused-ring (bicyclic) bond motifs is 1. The second-order valence-corrected chi connectivity index (χ2v) is 8.55. The van der Waals surface area contributed by atoms with Crippen LogP contribution >= 0.6 is 11.3 Å². The van der Waals surface area contributed by atoms with Crippen LogP contribution < -0.4 is 15.9 Å². The number of nitrogens with one attached hydrogen (secondary N) is 1. The first-order valence-corrected chi connectivity index (χ1v) is 11.3. The molecule has 0 saturated carbocycles. The first kappa shape index (κ1) is 22.3. The van der Waals surface area contributed by atoms with E-state index in [1.54, 1.807) is 47.7 Å². The number of rotatable bonds is 9. The number of aromatic nitrogens is 1. The Bertz CT molecular complexity index is 1360. The van der Waals surface area contributed by atoms with Gasteiger partial charge in [-0.2, -0.15) is 0 Å². The molecule has 0 fully saturated rings. The predicted octanol–water partition coefficient (Wildman–Crippen LogP) is 4.50. The number of pyridine rings is 1. The Labute approximate surface area is 193 Å². The van der Waals surface area contributed by atoms with Gasteiger partial charge >= 0.3 is 5.97 Å². The van der Waals surface area contributed by atoms with Gasteiger partial charge in [0.15, 0.2) is 11.5 Å². The number of nitrogens with two attached hydrogens (primary N) is 1. The number of aryl methyl sites for hydroxylation is 1. The van der Waals surface area contributed by atoms with E-state index in [0.717, 1.165) is 19.3 Å². The van der Waals surface area contributed by atoms with Crippen LogP contribution in [0.3, 0.4) is 0 Å². The summed E-state index contributed by atoms with van der Waals surface area (Å²) in [5.74, 6) is -1.06. The van der Waals surface area contributed by atoms with Crippen molar-refractivity contribution in [3.8, 4) is 5.75 Å². The molecular formula is C25H22N2O5S. The number of para-hydroxylation sites is 1. The van der Waals surface area contributed by atoms with Crippen molar-refractivity contribution in [3.05, 3.63) is 91.9 Å². The van der Waals surface area contributed by atoms with E-state index in [1.807, 2.05) is 0 Å². The Morgan fingerprint density at radius 3 is 2.52 bits per heavy atom. The van der Waals surface area contributed by atoms with Gasteiger partial charge in [-0.1, -0.05) is 12.1 Å². The average molecular weight is 463 g/mol. The van der Waals surface area contributed by atoms with Gasteiger partial charge in [0.1, 0.15) is 11.4 Å². The lowest BCUT2D eigenvalue weighted by Crippen LogP contribution is -2.18. The summed E-state index contributed by atoms with van der Waals surface area (Å²) in [7, 11) is 0. The van der Waals surface area contributed by atoms with Crippen LogP contribution in [0.4, 0.5) is 5.69 Å². The molecule has 4 aromatic rings. The molecule has 4 rings (SSSR count). The molecule has 0 aliphatic rings. The van der Waals surface area contributed by atoms with Crippen molar-refractivity contribution in [2.45, 2.75) is 19.3 Å². The van der Waals surface area contributed by atoms with Crippen molar-refractivity contribution < 1.29 is 19.4 Å². The quantitative estimate of drug-likeness (QED) is 0.249. The minimum absolute atomic E-state index is 0.144. The van der Waals surface area contributed by atoms with Crippen LogP contribution in [0.5, 0.6) is 5.75 Å². The zero-order valence-electron chi connectivity index (χ0n) is 17.7. The Hall–Kier alpha value is -3.91. The molecule has 168 valence electrons. The molecule has 0 saturated heterocycles. The lowest BCUT2D eigenvalue weighted by atomic mass is 9.99. The summed E-state index contributed by atoms with van der Waals surface area (Å²) in [5.41, 5.74) is 4.93. The number of aromatic amines is 1. The fourth-order valence-electron chi connectivity index (χ4n) is 3.59. The van der Waals surface area contributed by atoms with Crippen LogP contribution in [0.15, 0.2) is 64.8 Å². The number of carboxylic acid groups (broad SMARTS) is 1. The molecule has 0 atom stereocenters. The molecule has 33 heavy (non-hydrogen) atoms. The molecule has 0 unspecified atom stereocenters. The van der Waals surface area contributed by atoms with Gasteiger partial charge in [0.25, 0.3) is 0 Å². The van der Waals surface area contributed by atoms with Gasteiger partial charge in [0.2, 0.25) is 5.43 Å². The zero-order chi connectivity index (χ0) is 23.4. The van der Waals surface area contributed by atoms with E-state index in [4.69, 9.17) is 10.5 Å². The van der Waals surface area contributed by atoms with E-state index in [2.05, 4.69) is 22.5 Å². The number of anilines is 1. The molecule has 2 aromatic carbocycles. The normalized spacial score (nSPS) is 10.9. The number of benzene rings is 2. The molecule has 0 aliphatic heterocycles. The van der Waals surface area contributed by atoms with E-state index >= 15 is 0 Å². The minimum atomic E-state index is -1.37. The highest BCUT2D eigenvalue weighted by molar-refractivity contribution is 7.09. The largest absolute Gasteiger partial charge is 0.494 e. The molecule has 0 aliphatic carbocycles. The number of carbonyl (C=O) groups excluding carboxylic acids is 1. The standard InChI is InChI=1S/C25H22N2O5S/c26-20-22(25(30)31)27-21-18(7-3-8-19(21)24(20)29)23(28)15-9-11-16(12-10-15)32-13-2-1-5-17-6-4-14-33-17/h3-4,6-12,14H,1-2,5,13,26H2,(H,27,29)(H,30,31). The number of unbranched alkanes of at least 4 members (excludes halogenated alkanes) is 1. The smallest absolute Gasteiger partial charge is 0.354 e. The van der Waals surface area contributed by atoms with Crippen LogP contribution in [-0.4, -0.2) is 28.4 Å². The summed E-state index contributed by atoms with van der Waals surface area (Å²) in [6.45, 7) is 0.586. The molecule has 2 heterocycles. The van der Waals surface area contributed by atoms with Crippen molar-refractivity contribution in [3.63, 3.8) is 0 Å². The lowest BCUT2D eigenvalue weighted by Gasteiger charge is -2.10. The van der Waals surface area contributed by atoms with Gasteiger partial charge in [-0.25, -0.2) is 4.79 Å². The van der Waals surface area contributed by atoms with Gasteiger partial charge in [-0.15, -0.1) is 11.3 Å². The SMILES string of the molecule is Nc1c(C(=O)O)[nH]c2c(C(=O)c3ccc(OCCCCc4cccs4)cc3)cccc2c1=O. The molecule has 4 N–H and O–H groups in total. The van der Waals surface area contributed by atoms with E-state index < -0.39 is 22.8 Å². The number of hydrogen-bond donors (Lipinski definition) is 3. The summed E-state index contributed by atoms with van der Waals surface area (Å²) in [6.07, 6.45) is 3.01. The Morgan fingerprint density at radius 2 is 1.82 bits per heavy atom. The zero-order valence-corrected chi connectivity index (χ0v) is 18.5. The fourth-order valence-corrected chi connectivity index (χ4v) is 4.34. The molecule has 0 bridgehead atoms. The molecule has 0 spiro atoms. The third kappa shape index (κ3) is 4.80. The van der Waals surface area contributed by atoms with Crippen LogP contribution in [0.25, 0.3) is 10.9 Å². The Kier molecular flexibility index (Phi) is 6.55. The van der Waals surface area contributed by atoms with Crippen molar-refractivity contribution in [2.75, 3.05) is 12.3 Å². The third-order valence-electron chi connectivity index (χ3n) is 5.31. The molecule has 0 radical (unpaired) electrons. The van der Waals surface area contributed by atoms with E-state index in [1.165, 1.54) is 10.9 Å². The number of carbonyl (C=O) groups is 2.